The van der Waals surface area contributed by atoms with Crippen molar-refractivity contribution in [1.82, 2.24) is 0 Å². The molecule has 0 atom stereocenters. The molecule has 0 fully saturated rings. The fourth-order valence-electron chi connectivity index (χ4n) is 2.47. The van der Waals surface area contributed by atoms with Gasteiger partial charge in [0.2, 0.25) is 0 Å². The molecule has 0 unspecified atom stereocenters. The molecule has 1 aliphatic rings. The van der Waals surface area contributed by atoms with E-state index in [9.17, 15) is 5.11 Å². The first-order chi connectivity index (χ1) is 8.75. The Bertz CT molecular complexity index is 562. The number of halogens is 1. The summed E-state index contributed by atoms with van der Waals surface area (Å²) in [4.78, 5) is 2.26. The fraction of sp³-hybridized carbons (Fsp3) is 0.200. The van der Waals surface area contributed by atoms with E-state index < -0.39 is 0 Å². The molecular weight excluding hydrogens is 246 g/mol. The van der Waals surface area contributed by atoms with Gasteiger partial charge >= 0.3 is 0 Å². The van der Waals surface area contributed by atoms with Crippen molar-refractivity contribution in [3.63, 3.8) is 0 Å². The van der Waals surface area contributed by atoms with E-state index in [0.717, 1.165) is 18.5 Å². The maximum Gasteiger partial charge on any atom is 0.122 e. The highest BCUT2D eigenvalue weighted by atomic mass is 35.5. The van der Waals surface area contributed by atoms with E-state index in [2.05, 4.69) is 23.1 Å². The van der Waals surface area contributed by atoms with Crippen LogP contribution in [0.3, 0.4) is 0 Å². The fourth-order valence-corrected chi connectivity index (χ4v) is 2.69. The summed E-state index contributed by atoms with van der Waals surface area (Å²) in [6.07, 6.45) is 1.06. The van der Waals surface area contributed by atoms with Crippen molar-refractivity contribution in [2.75, 3.05) is 11.4 Å². The number of hydrogen-bond acceptors (Lipinski definition) is 2. The first-order valence-corrected chi connectivity index (χ1v) is 6.43. The summed E-state index contributed by atoms with van der Waals surface area (Å²) in [5.74, 6) is 0.270. The van der Waals surface area contributed by atoms with Crippen LogP contribution in [0.15, 0.2) is 42.5 Å². The van der Waals surface area contributed by atoms with Gasteiger partial charge in [-0.05, 0) is 30.2 Å². The Labute approximate surface area is 111 Å². The number of fused-ring (bicyclic) bond motifs is 1. The smallest absolute Gasteiger partial charge is 0.122 e. The Kier molecular flexibility index (Phi) is 2.88. The minimum absolute atomic E-state index is 0.270. The van der Waals surface area contributed by atoms with Crippen molar-refractivity contribution < 1.29 is 5.11 Å². The molecule has 0 amide bonds. The third-order valence-electron chi connectivity index (χ3n) is 3.43. The number of anilines is 1. The molecule has 1 aliphatic heterocycles. The van der Waals surface area contributed by atoms with Crippen LogP contribution < -0.4 is 4.90 Å². The summed E-state index contributed by atoms with van der Waals surface area (Å²) in [7, 11) is 0. The van der Waals surface area contributed by atoms with Gasteiger partial charge in [0, 0.05) is 29.4 Å². The summed E-state index contributed by atoms with van der Waals surface area (Å²) >= 11 is 6.15. The SMILES string of the molecule is Oc1cccc(Cl)c1CN1CCc2ccccc21. The van der Waals surface area contributed by atoms with Crippen LogP contribution >= 0.6 is 11.6 Å². The number of rotatable bonds is 2. The van der Waals surface area contributed by atoms with Crippen LogP contribution in [0.4, 0.5) is 5.69 Å². The highest BCUT2D eigenvalue weighted by molar-refractivity contribution is 6.31. The number of nitrogens with zero attached hydrogens (tertiary/aromatic N) is 1. The molecule has 0 saturated heterocycles. The molecule has 92 valence electrons. The summed E-state index contributed by atoms with van der Waals surface area (Å²) in [5, 5.41) is 10.5. The van der Waals surface area contributed by atoms with Crippen LogP contribution in [-0.4, -0.2) is 11.7 Å². The number of benzene rings is 2. The Morgan fingerprint density at radius 3 is 2.78 bits per heavy atom. The molecule has 3 rings (SSSR count). The first kappa shape index (κ1) is 11.4. The van der Waals surface area contributed by atoms with Gasteiger partial charge in [0.15, 0.2) is 0 Å². The molecule has 3 heteroatoms. The predicted octanol–water partition coefficient (Wildman–Crippen LogP) is 3.61. The van der Waals surface area contributed by atoms with Gasteiger partial charge in [-0.2, -0.15) is 0 Å². The molecule has 0 bridgehead atoms. The molecular formula is C15H14ClNO. The standard InChI is InChI=1S/C15H14ClNO/c16-13-5-3-7-15(18)12(13)10-17-9-8-11-4-1-2-6-14(11)17/h1-7,18H,8-10H2. The zero-order valence-corrected chi connectivity index (χ0v) is 10.7. The third kappa shape index (κ3) is 1.93. The lowest BCUT2D eigenvalue weighted by Gasteiger charge is -2.20. The maximum atomic E-state index is 9.89. The van der Waals surface area contributed by atoms with Gasteiger partial charge in [-0.25, -0.2) is 0 Å². The zero-order chi connectivity index (χ0) is 12.5. The van der Waals surface area contributed by atoms with E-state index >= 15 is 0 Å². The first-order valence-electron chi connectivity index (χ1n) is 6.05. The molecule has 0 saturated carbocycles. The third-order valence-corrected chi connectivity index (χ3v) is 3.78. The van der Waals surface area contributed by atoms with Gasteiger partial charge < -0.3 is 10.0 Å². The van der Waals surface area contributed by atoms with Crippen molar-refractivity contribution in [2.45, 2.75) is 13.0 Å². The van der Waals surface area contributed by atoms with Crippen LogP contribution in [-0.2, 0) is 13.0 Å². The highest BCUT2D eigenvalue weighted by Crippen LogP contribution is 2.33. The number of phenolic OH excluding ortho intramolecular Hbond substituents is 1. The van der Waals surface area contributed by atoms with E-state index in [1.54, 1.807) is 12.1 Å². The lowest BCUT2D eigenvalue weighted by molar-refractivity contribution is 0.467. The molecule has 2 aromatic rings. The second-order valence-electron chi connectivity index (χ2n) is 4.54. The van der Waals surface area contributed by atoms with Gasteiger partial charge in [0.1, 0.15) is 5.75 Å². The van der Waals surface area contributed by atoms with E-state index in [1.165, 1.54) is 11.3 Å². The molecule has 1 heterocycles. The van der Waals surface area contributed by atoms with Crippen LogP contribution in [0, 0.1) is 0 Å². The van der Waals surface area contributed by atoms with Crippen LogP contribution in [0.25, 0.3) is 0 Å². The number of hydrogen-bond donors (Lipinski definition) is 1. The molecule has 0 aromatic heterocycles. The average molecular weight is 260 g/mol. The van der Waals surface area contributed by atoms with E-state index in [0.29, 0.717) is 11.6 Å². The summed E-state index contributed by atoms with van der Waals surface area (Å²) in [6, 6.07) is 13.7. The number of phenols is 1. The van der Waals surface area contributed by atoms with E-state index in [-0.39, 0.29) is 5.75 Å². The predicted molar refractivity (Wildman–Crippen MR) is 74.3 cm³/mol. The Balaban J connectivity index is 1.91. The summed E-state index contributed by atoms with van der Waals surface area (Å²) in [5.41, 5.74) is 3.41. The Morgan fingerprint density at radius 2 is 1.94 bits per heavy atom. The molecule has 2 nitrogen and oxygen atoms in total. The molecule has 0 spiro atoms. The summed E-state index contributed by atoms with van der Waals surface area (Å²) < 4.78 is 0. The Morgan fingerprint density at radius 1 is 1.11 bits per heavy atom. The van der Waals surface area contributed by atoms with Crippen LogP contribution in [0.2, 0.25) is 5.02 Å². The lowest BCUT2D eigenvalue weighted by atomic mass is 10.1. The quantitative estimate of drug-likeness (QED) is 0.891. The summed E-state index contributed by atoms with van der Waals surface area (Å²) in [6.45, 7) is 1.63. The Hall–Kier alpha value is -1.67. The van der Waals surface area contributed by atoms with E-state index in [1.807, 2.05) is 12.1 Å². The molecule has 1 N–H and O–H groups in total. The topological polar surface area (TPSA) is 23.5 Å². The normalized spacial score (nSPS) is 13.7. The van der Waals surface area contributed by atoms with Gasteiger partial charge in [-0.15, -0.1) is 0 Å². The largest absolute Gasteiger partial charge is 0.508 e. The van der Waals surface area contributed by atoms with Gasteiger partial charge in [0.05, 0.1) is 0 Å². The van der Waals surface area contributed by atoms with Gasteiger partial charge in [-0.3, -0.25) is 0 Å². The molecule has 0 radical (unpaired) electrons. The minimum atomic E-state index is 0.270. The minimum Gasteiger partial charge on any atom is -0.508 e. The van der Waals surface area contributed by atoms with Crippen molar-refractivity contribution in [3.8, 4) is 5.75 Å². The second-order valence-corrected chi connectivity index (χ2v) is 4.94. The molecule has 2 aromatic carbocycles. The van der Waals surface area contributed by atoms with E-state index in [4.69, 9.17) is 11.6 Å². The monoisotopic (exact) mass is 259 g/mol. The maximum absolute atomic E-state index is 9.89. The van der Waals surface area contributed by atoms with Gasteiger partial charge in [0.25, 0.3) is 0 Å². The second kappa shape index (κ2) is 4.54. The average Bonchev–Trinajstić information content (AvgIpc) is 2.77. The van der Waals surface area contributed by atoms with Gasteiger partial charge in [-0.1, -0.05) is 35.9 Å². The van der Waals surface area contributed by atoms with Crippen molar-refractivity contribution >= 4 is 17.3 Å². The highest BCUT2D eigenvalue weighted by Gasteiger charge is 2.20. The zero-order valence-electron chi connectivity index (χ0n) is 9.94. The lowest BCUT2D eigenvalue weighted by Crippen LogP contribution is -2.19. The van der Waals surface area contributed by atoms with Crippen molar-refractivity contribution in [2.24, 2.45) is 0 Å². The van der Waals surface area contributed by atoms with Crippen LogP contribution in [0.5, 0.6) is 5.75 Å². The number of para-hydroxylation sites is 1. The number of aromatic hydroxyl groups is 1. The van der Waals surface area contributed by atoms with Crippen molar-refractivity contribution in [3.05, 3.63) is 58.6 Å². The molecule has 18 heavy (non-hydrogen) atoms. The molecule has 0 aliphatic carbocycles. The van der Waals surface area contributed by atoms with Crippen LogP contribution in [0.1, 0.15) is 11.1 Å². The van der Waals surface area contributed by atoms with Crippen molar-refractivity contribution in [1.29, 1.82) is 0 Å².